The van der Waals surface area contributed by atoms with E-state index in [0.717, 1.165) is 30.7 Å². The van der Waals surface area contributed by atoms with E-state index in [1.165, 1.54) is 4.90 Å². The number of anilines is 1. The van der Waals surface area contributed by atoms with Crippen LogP contribution in [0.1, 0.15) is 32.6 Å². The summed E-state index contributed by atoms with van der Waals surface area (Å²) < 4.78 is 5.58. The van der Waals surface area contributed by atoms with Crippen LogP contribution in [0.15, 0.2) is 24.3 Å². The number of hydrogen-bond donors (Lipinski definition) is 1. The Labute approximate surface area is 124 Å². The Kier molecular flexibility index (Phi) is 3.82. The van der Waals surface area contributed by atoms with Crippen LogP contribution in [-0.4, -0.2) is 35.4 Å². The van der Waals surface area contributed by atoms with Gasteiger partial charge < -0.3 is 10.1 Å². The summed E-state index contributed by atoms with van der Waals surface area (Å²) >= 11 is 0. The number of nitrogens with zero attached hydrogens (tertiary/aromatic N) is 1. The van der Waals surface area contributed by atoms with Crippen LogP contribution in [-0.2, 0) is 9.59 Å². The molecule has 2 aliphatic rings. The molecule has 1 aromatic rings. The second-order valence-corrected chi connectivity index (χ2v) is 5.61. The maximum atomic E-state index is 12.3. The van der Waals surface area contributed by atoms with Gasteiger partial charge in [-0.15, -0.1) is 0 Å². The van der Waals surface area contributed by atoms with Crippen molar-refractivity contribution in [3.8, 4) is 5.75 Å². The number of amides is 2. The van der Waals surface area contributed by atoms with E-state index in [0.29, 0.717) is 6.61 Å². The monoisotopic (exact) mass is 288 g/mol. The van der Waals surface area contributed by atoms with E-state index in [9.17, 15) is 9.59 Å². The van der Waals surface area contributed by atoms with E-state index in [1.54, 1.807) is 0 Å². The van der Waals surface area contributed by atoms with Crippen LogP contribution >= 0.6 is 0 Å². The second-order valence-electron chi connectivity index (χ2n) is 5.61. The van der Waals surface area contributed by atoms with Gasteiger partial charge in [0.1, 0.15) is 11.8 Å². The Balaban J connectivity index is 1.66. The summed E-state index contributed by atoms with van der Waals surface area (Å²) in [6.07, 6.45) is 3.09. The number of rotatable bonds is 6. The van der Waals surface area contributed by atoms with Crippen molar-refractivity contribution in [2.24, 2.45) is 0 Å². The van der Waals surface area contributed by atoms with Crippen molar-refractivity contribution in [2.75, 3.05) is 11.9 Å². The lowest BCUT2D eigenvalue weighted by Crippen LogP contribution is -2.36. The number of carbonyl (C=O) groups excluding carboxylic acids is 2. The smallest absolute Gasteiger partial charge is 0.252 e. The zero-order valence-electron chi connectivity index (χ0n) is 12.2. The Morgan fingerprint density at radius 3 is 2.86 bits per heavy atom. The fourth-order valence-corrected chi connectivity index (χ4v) is 2.58. The number of imide groups is 1. The molecule has 0 aromatic heterocycles. The second kappa shape index (κ2) is 5.76. The molecule has 1 aliphatic heterocycles. The van der Waals surface area contributed by atoms with Gasteiger partial charge in [0, 0.05) is 17.8 Å². The van der Waals surface area contributed by atoms with Crippen molar-refractivity contribution < 1.29 is 14.3 Å². The quantitative estimate of drug-likeness (QED) is 0.815. The minimum absolute atomic E-state index is 0.0570. The number of ether oxygens (including phenoxy) is 1. The van der Waals surface area contributed by atoms with Crippen LogP contribution in [0.25, 0.3) is 0 Å². The van der Waals surface area contributed by atoms with Gasteiger partial charge in [0.25, 0.3) is 5.91 Å². The third kappa shape index (κ3) is 3.01. The predicted octanol–water partition coefficient (Wildman–Crippen LogP) is 2.18. The van der Waals surface area contributed by atoms with Crippen LogP contribution in [0.3, 0.4) is 0 Å². The summed E-state index contributed by atoms with van der Waals surface area (Å²) in [4.78, 5) is 25.6. The minimum Gasteiger partial charge on any atom is -0.494 e. The summed E-state index contributed by atoms with van der Waals surface area (Å²) in [6, 6.07) is 7.23. The van der Waals surface area contributed by atoms with Crippen LogP contribution < -0.4 is 10.1 Å². The summed E-state index contributed by atoms with van der Waals surface area (Å²) in [5.41, 5.74) is 0.812. The van der Waals surface area contributed by atoms with E-state index < -0.39 is 6.04 Å². The van der Waals surface area contributed by atoms with Gasteiger partial charge in [-0.1, -0.05) is 13.0 Å². The molecular weight excluding hydrogens is 268 g/mol. The maximum Gasteiger partial charge on any atom is 0.252 e. The molecule has 1 N–H and O–H groups in total. The zero-order chi connectivity index (χ0) is 14.8. The molecule has 3 rings (SSSR count). The molecule has 1 atom stereocenters. The van der Waals surface area contributed by atoms with Gasteiger partial charge >= 0.3 is 0 Å². The third-order valence-corrected chi connectivity index (χ3v) is 3.74. The maximum absolute atomic E-state index is 12.3. The first kappa shape index (κ1) is 13.9. The lowest BCUT2D eigenvalue weighted by atomic mass is 10.2. The molecule has 1 saturated carbocycles. The average molecular weight is 288 g/mol. The van der Waals surface area contributed by atoms with Gasteiger partial charge in [-0.3, -0.25) is 14.5 Å². The van der Waals surface area contributed by atoms with E-state index in [4.69, 9.17) is 4.74 Å². The van der Waals surface area contributed by atoms with Crippen molar-refractivity contribution in [1.82, 2.24) is 4.90 Å². The summed E-state index contributed by atoms with van der Waals surface area (Å²) in [6.45, 7) is 2.72. The molecule has 1 saturated heterocycles. The van der Waals surface area contributed by atoms with E-state index >= 15 is 0 Å². The van der Waals surface area contributed by atoms with Gasteiger partial charge in [-0.25, -0.2) is 0 Å². The summed E-state index contributed by atoms with van der Waals surface area (Å²) in [5.74, 6) is 0.624. The predicted molar refractivity (Wildman–Crippen MR) is 79.1 cm³/mol. The molecule has 5 heteroatoms. The molecule has 1 aliphatic carbocycles. The Bertz CT molecular complexity index is 554. The molecule has 1 heterocycles. The highest BCUT2D eigenvalue weighted by molar-refractivity contribution is 6.07. The Morgan fingerprint density at radius 1 is 1.33 bits per heavy atom. The van der Waals surface area contributed by atoms with Gasteiger partial charge in [-0.05, 0) is 31.4 Å². The molecule has 21 heavy (non-hydrogen) atoms. The fraction of sp³-hybridized carbons (Fsp3) is 0.500. The Morgan fingerprint density at radius 2 is 2.14 bits per heavy atom. The SMILES string of the molecule is CCCOc1cccc(N[C@H]2CC(=O)N(C3CC3)C2=O)c1. The Hall–Kier alpha value is -2.04. The van der Waals surface area contributed by atoms with Crippen LogP contribution in [0.5, 0.6) is 5.75 Å². The van der Waals surface area contributed by atoms with Crippen molar-refractivity contribution in [3.63, 3.8) is 0 Å². The minimum atomic E-state index is -0.445. The topological polar surface area (TPSA) is 58.6 Å². The number of carbonyl (C=O) groups is 2. The highest BCUT2D eigenvalue weighted by atomic mass is 16.5. The number of nitrogens with one attached hydrogen (secondary N) is 1. The standard InChI is InChI=1S/C16H20N2O3/c1-2-8-21-13-5-3-4-11(9-13)17-14-10-15(19)18(16(14)20)12-6-7-12/h3-5,9,12,14,17H,2,6-8,10H2,1H3/t14-/m0/s1. The highest BCUT2D eigenvalue weighted by Gasteiger charge is 2.46. The van der Waals surface area contributed by atoms with Crippen molar-refractivity contribution in [1.29, 1.82) is 0 Å². The fourth-order valence-electron chi connectivity index (χ4n) is 2.58. The first-order valence-electron chi connectivity index (χ1n) is 7.54. The summed E-state index contributed by atoms with van der Waals surface area (Å²) in [7, 11) is 0. The van der Waals surface area contributed by atoms with Crippen molar-refractivity contribution >= 4 is 17.5 Å². The van der Waals surface area contributed by atoms with E-state index in [1.807, 2.05) is 24.3 Å². The zero-order valence-corrected chi connectivity index (χ0v) is 12.2. The molecule has 2 amide bonds. The number of benzene rings is 1. The van der Waals surface area contributed by atoms with Crippen LogP contribution in [0.2, 0.25) is 0 Å². The third-order valence-electron chi connectivity index (χ3n) is 3.74. The summed E-state index contributed by atoms with van der Waals surface area (Å²) in [5, 5.41) is 3.16. The van der Waals surface area contributed by atoms with Gasteiger partial charge in [0.15, 0.2) is 0 Å². The molecule has 0 radical (unpaired) electrons. The van der Waals surface area contributed by atoms with Gasteiger partial charge in [0.2, 0.25) is 5.91 Å². The lowest BCUT2D eigenvalue weighted by molar-refractivity contribution is -0.139. The number of hydrogen-bond acceptors (Lipinski definition) is 4. The van der Waals surface area contributed by atoms with Crippen LogP contribution in [0, 0.1) is 0 Å². The average Bonchev–Trinajstić information content (AvgIpc) is 3.25. The van der Waals surface area contributed by atoms with Crippen molar-refractivity contribution in [3.05, 3.63) is 24.3 Å². The first-order chi connectivity index (χ1) is 10.2. The molecular formula is C16H20N2O3. The van der Waals surface area contributed by atoms with E-state index in [2.05, 4.69) is 12.2 Å². The molecule has 0 unspecified atom stereocenters. The molecule has 2 fully saturated rings. The van der Waals surface area contributed by atoms with Crippen LogP contribution in [0.4, 0.5) is 5.69 Å². The van der Waals surface area contributed by atoms with E-state index in [-0.39, 0.29) is 24.3 Å². The molecule has 1 aromatic carbocycles. The first-order valence-corrected chi connectivity index (χ1v) is 7.54. The lowest BCUT2D eigenvalue weighted by Gasteiger charge is -2.15. The molecule has 112 valence electrons. The molecule has 5 nitrogen and oxygen atoms in total. The van der Waals surface area contributed by atoms with Gasteiger partial charge in [-0.2, -0.15) is 0 Å². The largest absolute Gasteiger partial charge is 0.494 e. The normalized spacial score (nSPS) is 21.8. The molecule has 0 spiro atoms. The van der Waals surface area contributed by atoms with Crippen molar-refractivity contribution in [2.45, 2.75) is 44.7 Å². The molecule has 0 bridgehead atoms. The number of likely N-dealkylation sites (tertiary alicyclic amines) is 1. The highest BCUT2D eigenvalue weighted by Crippen LogP contribution is 2.32. The van der Waals surface area contributed by atoms with Gasteiger partial charge in [0.05, 0.1) is 13.0 Å².